The van der Waals surface area contributed by atoms with Gasteiger partial charge in [0.05, 0.1) is 25.2 Å². The number of aliphatic imine (C=N–C) groups is 1. The third-order valence-electron chi connectivity index (χ3n) is 12.3. The minimum absolute atomic E-state index is 0.00171. The number of hydrogen-bond acceptors (Lipinski definition) is 18. The predicted molar refractivity (Wildman–Crippen MR) is 294 cm³/mol. The average molecular weight is 1140 g/mol. The Morgan fingerprint density at radius 2 is 0.850 bits per heavy atom. The minimum atomic E-state index is -1.81. The van der Waals surface area contributed by atoms with Gasteiger partial charge < -0.3 is 103 Å². The molecule has 0 aliphatic heterocycles. The standard InChI is InChI=1S/C49H93N17O14/c1-25(2)22-33(43(74)64-35(24-67)45(76)65-37(26(3)4)46(77)58-27(5)48(79)80)63-47(78)38(28(6)68)66-42(73)31(16-9-12-20-52)61-44(75)34(23-36(54)69)62-41(72)32(17-13-21-57-49(55)56)60-40(71)30(15-8-11-19-51)59-39(70)29(53)14-7-10-18-50/h25-35,37-38,67-68H,7-24,50-53H2,1-6H3,(H2,54,69)(H,58,77)(H,59,70)(H,60,71)(H,61,75)(H,62,72)(H,63,78)(H,64,74)(H,65,76)(H,66,73)(H,79,80)(H4,55,56,57)/t27-,28+,29-,30-,31-,32-,33-,34-,35-,37-,38-/m0/s1. The maximum atomic E-state index is 14.1. The normalized spacial score (nSPS) is 15.3. The number of carboxylic acids is 1. The van der Waals surface area contributed by atoms with Crippen LogP contribution in [0.15, 0.2) is 4.99 Å². The zero-order chi connectivity index (χ0) is 61.2. The number of guanidine groups is 1. The average Bonchev–Trinajstić information content (AvgIpc) is 3.37. The van der Waals surface area contributed by atoms with Gasteiger partial charge >= 0.3 is 5.97 Å². The van der Waals surface area contributed by atoms with Gasteiger partial charge in [-0.1, -0.05) is 34.1 Å². The van der Waals surface area contributed by atoms with Crippen LogP contribution in [0.1, 0.15) is 125 Å². The number of primary amides is 1. The van der Waals surface area contributed by atoms with Crippen LogP contribution in [0.2, 0.25) is 0 Å². The van der Waals surface area contributed by atoms with Crippen LogP contribution in [0, 0.1) is 11.8 Å². The van der Waals surface area contributed by atoms with Gasteiger partial charge in [0.25, 0.3) is 0 Å². The molecule has 0 aliphatic rings. The van der Waals surface area contributed by atoms with Gasteiger partial charge in [-0.15, -0.1) is 0 Å². The third-order valence-corrected chi connectivity index (χ3v) is 12.3. The summed E-state index contributed by atoms with van der Waals surface area (Å²) in [5.41, 5.74) is 39.5. The van der Waals surface area contributed by atoms with Gasteiger partial charge in [-0.3, -0.25) is 57.7 Å². The molecule has 26 N–H and O–H groups in total. The topological polar surface area (TPSA) is 551 Å². The van der Waals surface area contributed by atoms with Crippen LogP contribution in [-0.4, -0.2) is 186 Å². The number of nitrogens with two attached hydrogens (primary N) is 7. The first-order chi connectivity index (χ1) is 37.5. The number of carbonyl (C=O) groups is 11. The zero-order valence-electron chi connectivity index (χ0n) is 47.1. The van der Waals surface area contributed by atoms with Gasteiger partial charge in [0, 0.05) is 6.54 Å². The van der Waals surface area contributed by atoms with Crippen molar-refractivity contribution in [3.63, 3.8) is 0 Å². The molecule has 0 aliphatic carbocycles. The van der Waals surface area contributed by atoms with E-state index in [1.54, 1.807) is 27.7 Å². The van der Waals surface area contributed by atoms with Crippen LogP contribution in [0.5, 0.6) is 0 Å². The summed E-state index contributed by atoms with van der Waals surface area (Å²) < 4.78 is 0. The third kappa shape index (κ3) is 29.4. The molecule has 0 aromatic rings. The summed E-state index contributed by atoms with van der Waals surface area (Å²) in [6, 6.07) is -14.5. The second kappa shape index (κ2) is 39.6. The Morgan fingerprint density at radius 3 is 1.29 bits per heavy atom. The summed E-state index contributed by atoms with van der Waals surface area (Å²) in [7, 11) is 0. The summed E-state index contributed by atoms with van der Waals surface area (Å²) >= 11 is 0. The number of rotatable bonds is 42. The molecule has 458 valence electrons. The fraction of sp³-hybridized carbons (Fsp3) is 0.755. The summed E-state index contributed by atoms with van der Waals surface area (Å²) in [6.45, 7) is 8.74. The van der Waals surface area contributed by atoms with E-state index >= 15 is 0 Å². The van der Waals surface area contributed by atoms with Gasteiger partial charge in [-0.25, -0.2) is 0 Å². The highest BCUT2D eigenvalue weighted by Crippen LogP contribution is 2.12. The molecule has 0 saturated carbocycles. The number of aliphatic carboxylic acids is 1. The maximum Gasteiger partial charge on any atom is 0.325 e. The van der Waals surface area contributed by atoms with E-state index in [0.717, 1.165) is 6.92 Å². The molecule has 31 nitrogen and oxygen atoms in total. The Kier molecular flexibility index (Phi) is 36.2. The van der Waals surface area contributed by atoms with Crippen LogP contribution in [-0.2, 0) is 52.7 Å². The Hall–Kier alpha value is -6.80. The van der Waals surface area contributed by atoms with Crippen LogP contribution < -0.4 is 88.0 Å². The Bertz CT molecular complexity index is 2040. The maximum absolute atomic E-state index is 14.1. The number of aliphatic hydroxyl groups excluding tert-OH is 2. The molecule has 0 rings (SSSR count). The van der Waals surface area contributed by atoms with Gasteiger partial charge in [-0.05, 0) is 116 Å². The quantitative estimate of drug-likeness (QED) is 0.0153. The van der Waals surface area contributed by atoms with Crippen molar-refractivity contribution in [3.8, 4) is 0 Å². The molecule has 31 heteroatoms. The highest BCUT2D eigenvalue weighted by Gasteiger charge is 2.37. The molecule has 0 unspecified atom stereocenters. The van der Waals surface area contributed by atoms with Crippen molar-refractivity contribution in [1.82, 2.24) is 47.9 Å². The second-order valence-corrected chi connectivity index (χ2v) is 20.3. The van der Waals surface area contributed by atoms with E-state index in [4.69, 9.17) is 40.1 Å². The molecule has 0 fully saturated rings. The van der Waals surface area contributed by atoms with Crippen molar-refractivity contribution in [2.24, 2.45) is 57.0 Å². The molecule has 0 spiro atoms. The molecule has 0 aromatic heterocycles. The van der Waals surface area contributed by atoms with E-state index in [0.29, 0.717) is 38.6 Å². The van der Waals surface area contributed by atoms with E-state index in [1.807, 2.05) is 0 Å². The first kappa shape index (κ1) is 73.2. The summed E-state index contributed by atoms with van der Waals surface area (Å²) in [4.78, 5) is 151. The van der Waals surface area contributed by atoms with Crippen LogP contribution in [0.25, 0.3) is 0 Å². The van der Waals surface area contributed by atoms with Crippen LogP contribution in [0.3, 0.4) is 0 Å². The lowest BCUT2D eigenvalue weighted by molar-refractivity contribution is -0.142. The molecule has 0 radical (unpaired) electrons. The highest BCUT2D eigenvalue weighted by atomic mass is 16.4. The minimum Gasteiger partial charge on any atom is -0.480 e. The Morgan fingerprint density at radius 1 is 0.463 bits per heavy atom. The van der Waals surface area contributed by atoms with E-state index in [-0.39, 0.29) is 76.5 Å². The number of carbonyl (C=O) groups excluding carboxylic acids is 10. The van der Waals surface area contributed by atoms with Gasteiger partial charge in [0.15, 0.2) is 5.96 Å². The fourth-order valence-corrected chi connectivity index (χ4v) is 7.69. The Balaban J connectivity index is 6.76. The molecular weight excluding hydrogens is 1050 g/mol. The highest BCUT2D eigenvalue weighted by molar-refractivity contribution is 5.99. The largest absolute Gasteiger partial charge is 0.480 e. The van der Waals surface area contributed by atoms with Crippen molar-refractivity contribution >= 4 is 71.0 Å². The van der Waals surface area contributed by atoms with Crippen molar-refractivity contribution in [1.29, 1.82) is 0 Å². The molecule has 0 bridgehead atoms. The molecular formula is C49H93N17O14. The fourth-order valence-electron chi connectivity index (χ4n) is 7.69. The first-order valence-electron chi connectivity index (χ1n) is 27.0. The number of nitrogens with zero attached hydrogens (tertiary/aromatic N) is 1. The van der Waals surface area contributed by atoms with Gasteiger partial charge in [0.1, 0.15) is 54.4 Å². The lowest BCUT2D eigenvalue weighted by Gasteiger charge is -2.29. The van der Waals surface area contributed by atoms with E-state index < -0.39 is 151 Å². The monoisotopic (exact) mass is 1140 g/mol. The smallest absolute Gasteiger partial charge is 0.325 e. The van der Waals surface area contributed by atoms with E-state index in [1.165, 1.54) is 6.92 Å². The number of carboxylic acid groups (broad SMARTS) is 1. The number of nitrogens with one attached hydrogen (secondary N) is 9. The second-order valence-electron chi connectivity index (χ2n) is 20.3. The van der Waals surface area contributed by atoms with Crippen molar-refractivity contribution in [2.75, 3.05) is 32.8 Å². The van der Waals surface area contributed by atoms with Gasteiger partial charge in [-0.2, -0.15) is 0 Å². The summed E-state index contributed by atoms with van der Waals surface area (Å²) in [5, 5.41) is 52.1. The molecule has 0 heterocycles. The Labute approximate surface area is 467 Å². The number of hydrogen-bond donors (Lipinski definition) is 19. The van der Waals surface area contributed by atoms with Crippen molar-refractivity contribution in [3.05, 3.63) is 0 Å². The lowest BCUT2D eigenvalue weighted by Crippen LogP contribution is -2.62. The number of amides is 10. The SMILES string of the molecule is CC(C)C[C@H](NC(=O)[C@@H](NC(=O)[C@H](CCCCN)NC(=O)[C@H](CC(N)=O)NC(=O)[C@H](CCCN=C(N)N)NC(=O)[C@H](CCCCN)NC(=O)[C@@H](N)CCCCN)[C@@H](C)O)C(=O)N[C@@H](CO)C(=O)N[C@H](C(=O)N[C@@H](C)C(=O)O)C(C)C. The molecule has 10 amide bonds. The van der Waals surface area contributed by atoms with Crippen LogP contribution >= 0.6 is 0 Å². The summed E-state index contributed by atoms with van der Waals surface area (Å²) in [5.74, 6) is -12.1. The van der Waals surface area contributed by atoms with E-state index in [2.05, 4.69) is 52.8 Å². The predicted octanol–water partition coefficient (Wildman–Crippen LogP) is -6.83. The van der Waals surface area contributed by atoms with Crippen LogP contribution in [0.4, 0.5) is 0 Å². The van der Waals surface area contributed by atoms with E-state index in [9.17, 15) is 68.1 Å². The molecule has 80 heavy (non-hydrogen) atoms. The zero-order valence-corrected chi connectivity index (χ0v) is 47.1. The van der Waals surface area contributed by atoms with Crippen molar-refractivity contribution < 1.29 is 68.1 Å². The molecule has 11 atom stereocenters. The van der Waals surface area contributed by atoms with Crippen molar-refractivity contribution in [2.45, 2.75) is 192 Å². The van der Waals surface area contributed by atoms with Gasteiger partial charge in [0.2, 0.25) is 59.1 Å². The lowest BCUT2D eigenvalue weighted by atomic mass is 10.0. The molecule has 0 saturated heterocycles. The number of unbranched alkanes of at least 4 members (excludes halogenated alkanes) is 3. The molecule has 0 aromatic carbocycles. The first-order valence-corrected chi connectivity index (χ1v) is 27.0. The number of aliphatic hydroxyl groups is 2. The summed E-state index contributed by atoms with van der Waals surface area (Å²) in [6.07, 6.45) is 0.260.